The summed E-state index contributed by atoms with van der Waals surface area (Å²) in [5.41, 5.74) is 5.92. The minimum absolute atomic E-state index is 0.0369. The highest BCUT2D eigenvalue weighted by Crippen LogP contribution is 2.22. The van der Waals surface area contributed by atoms with Gasteiger partial charge < -0.3 is 10.5 Å². The van der Waals surface area contributed by atoms with E-state index in [-0.39, 0.29) is 11.5 Å². The third-order valence-electron chi connectivity index (χ3n) is 3.70. The number of ether oxygens (including phenoxy) is 1. The van der Waals surface area contributed by atoms with Crippen molar-refractivity contribution in [3.8, 4) is 0 Å². The zero-order chi connectivity index (χ0) is 12.5. The van der Waals surface area contributed by atoms with Crippen molar-refractivity contribution in [2.45, 2.75) is 45.8 Å². The fraction of sp³-hybridized carbons (Fsp3) is 0.923. The van der Waals surface area contributed by atoms with Crippen LogP contribution >= 0.6 is 0 Å². The molecule has 2 heterocycles. The summed E-state index contributed by atoms with van der Waals surface area (Å²) in [4.78, 5) is 7.01. The van der Waals surface area contributed by atoms with E-state index in [1.165, 1.54) is 19.4 Å². The van der Waals surface area contributed by atoms with Crippen molar-refractivity contribution in [1.82, 2.24) is 4.90 Å². The standard InChI is InChI=1S/C13H25N3O/c1-13(2,3)12(14)15-7-11-8-16-6-4-5-10(16)9-17-11/h10-11H,4-9H2,1-3H3,(H2,14,15). The first-order valence-corrected chi connectivity index (χ1v) is 6.63. The second-order valence-electron chi connectivity index (χ2n) is 6.22. The monoisotopic (exact) mass is 239 g/mol. The molecule has 0 aliphatic carbocycles. The van der Waals surface area contributed by atoms with Crippen molar-refractivity contribution in [2.24, 2.45) is 16.1 Å². The van der Waals surface area contributed by atoms with Gasteiger partial charge in [0.15, 0.2) is 0 Å². The van der Waals surface area contributed by atoms with Crippen molar-refractivity contribution >= 4 is 5.84 Å². The number of rotatable bonds is 2. The van der Waals surface area contributed by atoms with Gasteiger partial charge in [0.25, 0.3) is 0 Å². The van der Waals surface area contributed by atoms with E-state index < -0.39 is 0 Å². The lowest BCUT2D eigenvalue weighted by molar-refractivity contribution is -0.0432. The fourth-order valence-corrected chi connectivity index (χ4v) is 2.43. The smallest absolute Gasteiger partial charge is 0.0992 e. The molecule has 2 atom stereocenters. The van der Waals surface area contributed by atoms with Crippen LogP contribution in [0.3, 0.4) is 0 Å². The number of nitrogens with zero attached hydrogens (tertiary/aromatic N) is 2. The molecule has 0 bridgehead atoms. The number of morpholine rings is 1. The predicted octanol–water partition coefficient (Wildman–Crippen LogP) is 1.25. The summed E-state index contributed by atoms with van der Waals surface area (Å²) >= 11 is 0. The quantitative estimate of drug-likeness (QED) is 0.583. The molecule has 4 nitrogen and oxygen atoms in total. The highest BCUT2D eigenvalue weighted by molar-refractivity contribution is 5.85. The molecular formula is C13H25N3O. The van der Waals surface area contributed by atoms with Crippen LogP contribution in [0.15, 0.2) is 4.99 Å². The van der Waals surface area contributed by atoms with Gasteiger partial charge >= 0.3 is 0 Å². The van der Waals surface area contributed by atoms with Crippen LogP contribution in [-0.4, -0.2) is 49.1 Å². The van der Waals surface area contributed by atoms with E-state index in [0.29, 0.717) is 12.6 Å². The second-order valence-corrected chi connectivity index (χ2v) is 6.22. The Morgan fingerprint density at radius 1 is 1.47 bits per heavy atom. The van der Waals surface area contributed by atoms with Gasteiger partial charge in [-0.2, -0.15) is 0 Å². The Morgan fingerprint density at radius 3 is 2.94 bits per heavy atom. The average Bonchev–Trinajstić information content (AvgIpc) is 2.71. The molecule has 0 saturated carbocycles. The molecule has 17 heavy (non-hydrogen) atoms. The van der Waals surface area contributed by atoms with E-state index >= 15 is 0 Å². The van der Waals surface area contributed by atoms with Gasteiger partial charge in [-0.05, 0) is 19.4 Å². The van der Waals surface area contributed by atoms with Gasteiger partial charge in [0, 0.05) is 18.0 Å². The third kappa shape index (κ3) is 3.19. The van der Waals surface area contributed by atoms with Crippen molar-refractivity contribution in [1.29, 1.82) is 0 Å². The van der Waals surface area contributed by atoms with E-state index in [2.05, 4.69) is 30.7 Å². The Labute approximate surface area is 104 Å². The predicted molar refractivity (Wildman–Crippen MR) is 70.3 cm³/mol. The summed E-state index contributed by atoms with van der Waals surface area (Å²) in [6.07, 6.45) is 2.83. The number of fused-ring (bicyclic) bond motifs is 1. The molecule has 0 aromatic carbocycles. The minimum atomic E-state index is -0.0369. The minimum Gasteiger partial charge on any atom is -0.387 e. The van der Waals surface area contributed by atoms with Gasteiger partial charge in [-0.3, -0.25) is 9.89 Å². The summed E-state index contributed by atoms with van der Waals surface area (Å²) < 4.78 is 5.85. The topological polar surface area (TPSA) is 50.8 Å². The number of nitrogens with two attached hydrogens (primary N) is 1. The Morgan fingerprint density at radius 2 is 2.24 bits per heavy atom. The largest absolute Gasteiger partial charge is 0.387 e. The highest BCUT2D eigenvalue weighted by Gasteiger charge is 2.32. The molecule has 4 heteroatoms. The van der Waals surface area contributed by atoms with Crippen LogP contribution in [0, 0.1) is 5.41 Å². The first-order valence-electron chi connectivity index (χ1n) is 6.63. The summed E-state index contributed by atoms with van der Waals surface area (Å²) in [6, 6.07) is 0.662. The maximum Gasteiger partial charge on any atom is 0.0992 e. The number of amidine groups is 1. The average molecular weight is 239 g/mol. The summed E-state index contributed by atoms with van der Waals surface area (Å²) in [7, 11) is 0. The molecule has 98 valence electrons. The Bertz CT molecular complexity index is 296. The molecule has 2 N–H and O–H groups in total. The molecular weight excluding hydrogens is 214 g/mol. The van der Waals surface area contributed by atoms with E-state index in [9.17, 15) is 0 Å². The Balaban J connectivity index is 1.84. The lowest BCUT2D eigenvalue weighted by atomic mass is 9.95. The van der Waals surface area contributed by atoms with E-state index in [1.807, 2.05) is 0 Å². The lowest BCUT2D eigenvalue weighted by Crippen LogP contribution is -2.47. The molecule has 0 spiro atoms. The molecule has 2 fully saturated rings. The van der Waals surface area contributed by atoms with E-state index in [0.717, 1.165) is 19.0 Å². The van der Waals surface area contributed by atoms with Crippen LogP contribution < -0.4 is 5.73 Å². The van der Waals surface area contributed by atoms with Gasteiger partial charge in [-0.15, -0.1) is 0 Å². The van der Waals surface area contributed by atoms with E-state index in [4.69, 9.17) is 10.5 Å². The van der Waals surface area contributed by atoms with Crippen LogP contribution in [-0.2, 0) is 4.74 Å². The van der Waals surface area contributed by atoms with Gasteiger partial charge in [-0.25, -0.2) is 0 Å². The van der Waals surface area contributed by atoms with Crippen molar-refractivity contribution in [3.05, 3.63) is 0 Å². The van der Waals surface area contributed by atoms with Crippen molar-refractivity contribution in [3.63, 3.8) is 0 Å². The zero-order valence-corrected chi connectivity index (χ0v) is 11.3. The third-order valence-corrected chi connectivity index (χ3v) is 3.70. The Hall–Kier alpha value is -0.610. The first kappa shape index (κ1) is 12.8. The van der Waals surface area contributed by atoms with Crippen LogP contribution in [0.5, 0.6) is 0 Å². The van der Waals surface area contributed by atoms with E-state index in [1.54, 1.807) is 0 Å². The Kier molecular flexibility index (Phi) is 3.73. The molecule has 2 saturated heterocycles. The molecule has 2 aliphatic rings. The molecule has 0 amide bonds. The number of hydrogen-bond acceptors (Lipinski definition) is 3. The van der Waals surface area contributed by atoms with Crippen molar-refractivity contribution in [2.75, 3.05) is 26.2 Å². The number of aliphatic imine (C=N–C) groups is 1. The molecule has 2 rings (SSSR count). The van der Waals surface area contributed by atoms with Gasteiger partial charge in [0.1, 0.15) is 0 Å². The van der Waals surface area contributed by atoms with Crippen molar-refractivity contribution < 1.29 is 4.74 Å². The van der Waals surface area contributed by atoms with Crippen LogP contribution in [0.4, 0.5) is 0 Å². The molecule has 0 aromatic heterocycles. The first-order chi connectivity index (χ1) is 7.97. The normalized spacial score (nSPS) is 31.6. The van der Waals surface area contributed by atoms with Crippen LogP contribution in [0.1, 0.15) is 33.6 Å². The van der Waals surface area contributed by atoms with Gasteiger partial charge in [-0.1, -0.05) is 20.8 Å². The molecule has 0 radical (unpaired) electrons. The highest BCUT2D eigenvalue weighted by atomic mass is 16.5. The molecule has 2 aliphatic heterocycles. The molecule has 0 aromatic rings. The van der Waals surface area contributed by atoms with Crippen LogP contribution in [0.2, 0.25) is 0 Å². The maximum atomic E-state index is 5.96. The van der Waals surface area contributed by atoms with Gasteiger partial charge in [0.05, 0.1) is 25.1 Å². The SMILES string of the molecule is CC(C)(C)C(N)=NCC1CN2CCCC2CO1. The summed E-state index contributed by atoms with van der Waals surface area (Å²) in [6.45, 7) is 10.1. The summed E-state index contributed by atoms with van der Waals surface area (Å²) in [5, 5.41) is 0. The van der Waals surface area contributed by atoms with Crippen LogP contribution in [0.25, 0.3) is 0 Å². The molecule has 2 unspecified atom stereocenters. The summed E-state index contributed by atoms with van der Waals surface area (Å²) in [5.74, 6) is 0.727. The second kappa shape index (κ2) is 4.94. The number of hydrogen-bond donors (Lipinski definition) is 1. The lowest BCUT2D eigenvalue weighted by Gasteiger charge is -2.34. The van der Waals surface area contributed by atoms with Gasteiger partial charge in [0.2, 0.25) is 0 Å². The zero-order valence-electron chi connectivity index (χ0n) is 11.3. The maximum absolute atomic E-state index is 5.96. The fourth-order valence-electron chi connectivity index (χ4n) is 2.43.